The molecule has 0 atom stereocenters. The lowest BCUT2D eigenvalue weighted by Gasteiger charge is -2.09. The summed E-state index contributed by atoms with van der Waals surface area (Å²) in [5, 5.41) is 0. The van der Waals surface area contributed by atoms with E-state index in [9.17, 15) is 8.78 Å². The average molecular weight is 289 g/mol. The first-order chi connectivity index (χ1) is 10.1. The normalized spacial score (nSPS) is 11.0. The number of halogens is 2. The number of fused-ring (bicyclic) bond motifs is 1. The van der Waals surface area contributed by atoms with Crippen molar-refractivity contribution >= 4 is 17.0 Å². The molecule has 0 fully saturated rings. The van der Waals surface area contributed by atoms with Crippen LogP contribution in [0.2, 0.25) is 0 Å². The fourth-order valence-electron chi connectivity index (χ4n) is 2.27. The van der Waals surface area contributed by atoms with Gasteiger partial charge in [-0.3, -0.25) is 4.57 Å². The van der Waals surface area contributed by atoms with Gasteiger partial charge in [-0.1, -0.05) is 6.07 Å². The number of rotatable bonds is 3. The molecular formula is C15H13F2N3O. The van der Waals surface area contributed by atoms with Crippen molar-refractivity contribution in [3.8, 4) is 11.4 Å². The van der Waals surface area contributed by atoms with E-state index in [-0.39, 0.29) is 17.0 Å². The van der Waals surface area contributed by atoms with Crippen molar-refractivity contribution < 1.29 is 13.5 Å². The van der Waals surface area contributed by atoms with E-state index in [1.54, 1.807) is 24.3 Å². The molecule has 0 spiro atoms. The summed E-state index contributed by atoms with van der Waals surface area (Å²) in [6.07, 6.45) is 0. The van der Waals surface area contributed by atoms with Crippen molar-refractivity contribution in [2.45, 2.75) is 6.92 Å². The van der Waals surface area contributed by atoms with Crippen LogP contribution in [0.25, 0.3) is 16.7 Å². The molecule has 1 aromatic heterocycles. The van der Waals surface area contributed by atoms with Gasteiger partial charge in [-0.05, 0) is 19.1 Å². The number of ether oxygens (including phenoxy) is 1. The minimum atomic E-state index is -0.739. The molecule has 4 nitrogen and oxygen atoms in total. The maximum atomic E-state index is 13.8. The van der Waals surface area contributed by atoms with E-state index in [0.717, 1.165) is 6.07 Å². The van der Waals surface area contributed by atoms with Gasteiger partial charge in [0.1, 0.15) is 17.1 Å². The number of hydrogen-bond donors (Lipinski definition) is 1. The van der Waals surface area contributed by atoms with Crippen LogP contribution in [-0.2, 0) is 0 Å². The maximum Gasteiger partial charge on any atom is 0.206 e. The second-order valence-corrected chi connectivity index (χ2v) is 4.49. The molecule has 2 N–H and O–H groups in total. The summed E-state index contributed by atoms with van der Waals surface area (Å²) in [6, 6.07) is 9.07. The molecule has 0 saturated heterocycles. The third kappa shape index (κ3) is 2.29. The monoisotopic (exact) mass is 289 g/mol. The molecule has 0 radical (unpaired) electrons. The molecule has 1 heterocycles. The van der Waals surface area contributed by atoms with Crippen molar-refractivity contribution in [3.63, 3.8) is 0 Å². The molecule has 3 aromatic rings. The Bertz CT molecular complexity index is 814. The van der Waals surface area contributed by atoms with E-state index >= 15 is 0 Å². The quantitative estimate of drug-likeness (QED) is 0.805. The summed E-state index contributed by atoms with van der Waals surface area (Å²) < 4.78 is 34.1. The highest BCUT2D eigenvalue weighted by atomic mass is 19.1. The zero-order valence-electron chi connectivity index (χ0n) is 11.3. The Kier molecular flexibility index (Phi) is 3.21. The minimum Gasteiger partial charge on any atom is -0.494 e. The van der Waals surface area contributed by atoms with Crippen molar-refractivity contribution in [2.75, 3.05) is 12.3 Å². The van der Waals surface area contributed by atoms with Gasteiger partial charge in [-0.2, -0.15) is 0 Å². The summed E-state index contributed by atoms with van der Waals surface area (Å²) in [6.45, 7) is 2.39. The number of anilines is 1. The van der Waals surface area contributed by atoms with E-state index in [4.69, 9.17) is 10.5 Å². The van der Waals surface area contributed by atoms with Gasteiger partial charge >= 0.3 is 0 Å². The number of aromatic nitrogens is 2. The Labute approximate surface area is 119 Å². The molecule has 0 unspecified atom stereocenters. The van der Waals surface area contributed by atoms with Crippen LogP contribution >= 0.6 is 0 Å². The lowest BCUT2D eigenvalue weighted by molar-refractivity contribution is 0.340. The predicted octanol–water partition coefficient (Wildman–Crippen LogP) is 3.28. The van der Waals surface area contributed by atoms with Gasteiger partial charge in [0, 0.05) is 18.2 Å². The van der Waals surface area contributed by atoms with Crippen LogP contribution in [0, 0.1) is 11.6 Å². The lowest BCUT2D eigenvalue weighted by Crippen LogP contribution is -2.01. The Balaban J connectivity index is 2.24. The summed E-state index contributed by atoms with van der Waals surface area (Å²) in [5.74, 6) is -0.685. The van der Waals surface area contributed by atoms with Crippen LogP contribution in [-0.4, -0.2) is 16.2 Å². The van der Waals surface area contributed by atoms with E-state index in [2.05, 4.69) is 4.98 Å². The fourth-order valence-corrected chi connectivity index (χ4v) is 2.27. The average Bonchev–Trinajstić information content (AvgIpc) is 2.76. The highest BCUT2D eigenvalue weighted by Crippen LogP contribution is 2.27. The standard InChI is InChI=1S/C15H13F2N3O/c1-2-21-11-5-3-4-10(8-11)20-13-7-9(16)6-12(17)14(13)19-15(20)18/h3-8H,2H2,1H3,(H2,18,19). The summed E-state index contributed by atoms with van der Waals surface area (Å²) in [5.41, 5.74) is 6.80. The third-order valence-corrected chi connectivity index (χ3v) is 3.09. The number of nitrogens with two attached hydrogens (primary N) is 1. The van der Waals surface area contributed by atoms with Crippen LogP contribution < -0.4 is 10.5 Å². The van der Waals surface area contributed by atoms with Gasteiger partial charge < -0.3 is 10.5 Å². The highest BCUT2D eigenvalue weighted by Gasteiger charge is 2.15. The summed E-state index contributed by atoms with van der Waals surface area (Å²) in [4.78, 5) is 3.96. The molecule has 0 aliphatic rings. The zero-order chi connectivity index (χ0) is 15.0. The van der Waals surface area contributed by atoms with Crippen molar-refractivity contribution in [1.82, 2.24) is 9.55 Å². The van der Waals surface area contributed by atoms with Gasteiger partial charge in [0.05, 0.1) is 17.8 Å². The molecule has 0 aliphatic heterocycles. The second-order valence-electron chi connectivity index (χ2n) is 4.49. The van der Waals surface area contributed by atoms with E-state index in [1.807, 2.05) is 6.92 Å². The van der Waals surface area contributed by atoms with E-state index in [1.165, 1.54) is 10.6 Å². The second kappa shape index (κ2) is 5.05. The minimum absolute atomic E-state index is 0.0377. The number of nitrogens with zero attached hydrogens (tertiary/aromatic N) is 2. The molecular weight excluding hydrogens is 276 g/mol. The third-order valence-electron chi connectivity index (χ3n) is 3.09. The lowest BCUT2D eigenvalue weighted by atomic mass is 10.2. The number of benzene rings is 2. The van der Waals surface area contributed by atoms with Gasteiger partial charge in [0.25, 0.3) is 0 Å². The Morgan fingerprint density at radius 1 is 1.24 bits per heavy atom. The summed E-state index contributed by atoms with van der Waals surface area (Å²) in [7, 11) is 0. The smallest absolute Gasteiger partial charge is 0.206 e. The van der Waals surface area contributed by atoms with Crippen LogP contribution in [0.15, 0.2) is 36.4 Å². The molecule has 0 bridgehead atoms. The molecule has 6 heteroatoms. The Morgan fingerprint density at radius 3 is 2.81 bits per heavy atom. The zero-order valence-corrected chi connectivity index (χ0v) is 11.3. The molecule has 0 saturated carbocycles. The van der Waals surface area contributed by atoms with E-state index < -0.39 is 11.6 Å². The Hall–Kier alpha value is -2.63. The molecule has 2 aromatic carbocycles. The molecule has 3 rings (SSSR count). The van der Waals surface area contributed by atoms with Crippen molar-refractivity contribution in [1.29, 1.82) is 0 Å². The number of imidazole rings is 1. The first-order valence-electron chi connectivity index (χ1n) is 6.46. The SMILES string of the molecule is CCOc1cccc(-n2c(N)nc3c(F)cc(F)cc32)c1. The fraction of sp³-hybridized carbons (Fsp3) is 0.133. The van der Waals surface area contributed by atoms with Crippen LogP contribution in [0.5, 0.6) is 5.75 Å². The summed E-state index contributed by atoms with van der Waals surface area (Å²) >= 11 is 0. The largest absolute Gasteiger partial charge is 0.494 e. The van der Waals surface area contributed by atoms with Crippen LogP contribution in [0.3, 0.4) is 0 Å². The van der Waals surface area contributed by atoms with Gasteiger partial charge in [-0.25, -0.2) is 13.8 Å². The molecule has 0 amide bonds. The Morgan fingerprint density at radius 2 is 2.05 bits per heavy atom. The van der Waals surface area contributed by atoms with Crippen molar-refractivity contribution in [3.05, 3.63) is 48.0 Å². The van der Waals surface area contributed by atoms with Gasteiger partial charge in [0.15, 0.2) is 5.82 Å². The molecule has 0 aliphatic carbocycles. The first-order valence-corrected chi connectivity index (χ1v) is 6.46. The van der Waals surface area contributed by atoms with Gasteiger partial charge in [0.2, 0.25) is 5.95 Å². The van der Waals surface area contributed by atoms with Gasteiger partial charge in [-0.15, -0.1) is 0 Å². The maximum absolute atomic E-state index is 13.8. The molecule has 21 heavy (non-hydrogen) atoms. The first kappa shape index (κ1) is 13.4. The van der Waals surface area contributed by atoms with Crippen LogP contribution in [0.1, 0.15) is 6.92 Å². The number of nitrogen functional groups attached to an aromatic ring is 1. The van der Waals surface area contributed by atoms with E-state index in [0.29, 0.717) is 18.0 Å². The predicted molar refractivity (Wildman–Crippen MR) is 76.6 cm³/mol. The van der Waals surface area contributed by atoms with Crippen molar-refractivity contribution in [2.24, 2.45) is 0 Å². The topological polar surface area (TPSA) is 53.1 Å². The highest BCUT2D eigenvalue weighted by molar-refractivity contribution is 5.81. The molecule has 108 valence electrons. The van der Waals surface area contributed by atoms with Crippen LogP contribution in [0.4, 0.5) is 14.7 Å². The number of hydrogen-bond acceptors (Lipinski definition) is 3.